The highest BCUT2D eigenvalue weighted by atomic mass is 35.5. The number of nitrogens with zero attached hydrogens (tertiary/aromatic N) is 1. The van der Waals surface area contributed by atoms with Crippen molar-refractivity contribution in [3.63, 3.8) is 0 Å². The number of hydrogen-bond acceptors (Lipinski definition) is 4. The largest absolute Gasteiger partial charge is 0.495 e. The van der Waals surface area contributed by atoms with Crippen molar-refractivity contribution in [1.82, 2.24) is 0 Å². The third-order valence-electron chi connectivity index (χ3n) is 4.51. The highest BCUT2D eigenvalue weighted by Crippen LogP contribution is 2.34. The lowest BCUT2D eigenvalue weighted by atomic mass is 10.1. The maximum absolute atomic E-state index is 13.0. The number of sulfonamides is 1. The predicted molar refractivity (Wildman–Crippen MR) is 117 cm³/mol. The standard InChI is InChI=1S/C21H21ClN2O4S/c1-14(21(25)23-18-10-6-8-15-7-4-5-9-17(15)18)24(29(3,26)27)19-13-16(22)11-12-20(19)28-2/h4-14H,1-3H3,(H,23,25)/t14-/m0/s1. The fourth-order valence-electron chi connectivity index (χ4n) is 3.19. The van der Waals surface area contributed by atoms with Crippen LogP contribution in [0, 0.1) is 0 Å². The van der Waals surface area contributed by atoms with E-state index in [9.17, 15) is 13.2 Å². The molecule has 1 amide bonds. The summed E-state index contributed by atoms with van der Waals surface area (Å²) in [6, 6.07) is 16.7. The smallest absolute Gasteiger partial charge is 0.248 e. The molecule has 0 heterocycles. The molecule has 0 saturated carbocycles. The van der Waals surface area contributed by atoms with Crippen molar-refractivity contribution in [1.29, 1.82) is 0 Å². The molecular formula is C21H21ClN2O4S. The van der Waals surface area contributed by atoms with Crippen LogP contribution in [0.2, 0.25) is 5.02 Å². The van der Waals surface area contributed by atoms with Crippen LogP contribution in [0.4, 0.5) is 11.4 Å². The SMILES string of the molecule is COc1ccc(Cl)cc1N([C@@H](C)C(=O)Nc1cccc2ccccc12)S(C)(=O)=O. The van der Waals surface area contributed by atoms with Gasteiger partial charge in [-0.25, -0.2) is 8.42 Å². The number of methoxy groups -OCH3 is 1. The fourth-order valence-corrected chi connectivity index (χ4v) is 4.52. The Hall–Kier alpha value is -2.77. The molecule has 6 nitrogen and oxygen atoms in total. The minimum atomic E-state index is -3.81. The Morgan fingerprint density at radius 1 is 1.10 bits per heavy atom. The summed E-state index contributed by atoms with van der Waals surface area (Å²) < 4.78 is 31.4. The first-order valence-electron chi connectivity index (χ1n) is 8.84. The molecule has 8 heteroatoms. The second-order valence-electron chi connectivity index (χ2n) is 6.57. The number of anilines is 2. The molecule has 0 aliphatic heterocycles. The molecular weight excluding hydrogens is 412 g/mol. The summed E-state index contributed by atoms with van der Waals surface area (Å²) in [5.74, 6) is -0.182. The van der Waals surface area contributed by atoms with E-state index in [0.29, 0.717) is 16.5 Å². The summed E-state index contributed by atoms with van der Waals surface area (Å²) in [5.41, 5.74) is 0.800. The van der Waals surface area contributed by atoms with E-state index in [1.165, 1.54) is 20.1 Å². The van der Waals surface area contributed by atoms with Crippen molar-refractivity contribution in [3.05, 3.63) is 65.7 Å². The summed E-state index contributed by atoms with van der Waals surface area (Å²) in [6.45, 7) is 1.52. The van der Waals surface area contributed by atoms with Crippen molar-refractivity contribution in [3.8, 4) is 5.75 Å². The third kappa shape index (κ3) is 4.46. The Morgan fingerprint density at radius 2 is 1.79 bits per heavy atom. The van der Waals surface area contributed by atoms with Gasteiger partial charge < -0.3 is 10.1 Å². The van der Waals surface area contributed by atoms with E-state index >= 15 is 0 Å². The van der Waals surface area contributed by atoms with Crippen LogP contribution < -0.4 is 14.4 Å². The van der Waals surface area contributed by atoms with Gasteiger partial charge in [-0.3, -0.25) is 9.10 Å². The monoisotopic (exact) mass is 432 g/mol. The molecule has 0 aliphatic rings. The first-order chi connectivity index (χ1) is 13.7. The number of halogens is 1. The van der Waals surface area contributed by atoms with Crippen LogP contribution in [-0.2, 0) is 14.8 Å². The Labute approximate surface area is 175 Å². The minimum Gasteiger partial charge on any atom is -0.495 e. The molecule has 0 fully saturated rings. The average Bonchev–Trinajstić information content (AvgIpc) is 2.67. The molecule has 0 saturated heterocycles. The zero-order valence-corrected chi connectivity index (χ0v) is 17.8. The van der Waals surface area contributed by atoms with Crippen molar-refractivity contribution in [2.24, 2.45) is 0 Å². The van der Waals surface area contributed by atoms with Crippen LogP contribution >= 0.6 is 11.6 Å². The number of nitrogens with one attached hydrogen (secondary N) is 1. The van der Waals surface area contributed by atoms with Crippen molar-refractivity contribution in [2.45, 2.75) is 13.0 Å². The molecule has 29 heavy (non-hydrogen) atoms. The third-order valence-corrected chi connectivity index (χ3v) is 5.98. The first-order valence-corrected chi connectivity index (χ1v) is 11.1. The molecule has 0 aliphatic carbocycles. The highest BCUT2D eigenvalue weighted by molar-refractivity contribution is 7.92. The second kappa shape index (κ2) is 8.31. The summed E-state index contributed by atoms with van der Waals surface area (Å²) in [5, 5.41) is 5.00. The molecule has 1 atom stereocenters. The summed E-state index contributed by atoms with van der Waals surface area (Å²) >= 11 is 6.07. The normalized spacial score (nSPS) is 12.4. The molecule has 3 rings (SSSR count). The van der Waals surface area contributed by atoms with Crippen LogP contribution in [0.25, 0.3) is 10.8 Å². The summed E-state index contributed by atoms with van der Waals surface area (Å²) in [4.78, 5) is 13.0. The van der Waals surface area contributed by atoms with Gasteiger partial charge in [0.2, 0.25) is 15.9 Å². The van der Waals surface area contributed by atoms with Gasteiger partial charge in [-0.05, 0) is 36.6 Å². The van der Waals surface area contributed by atoms with Crippen molar-refractivity contribution < 1.29 is 17.9 Å². The van der Waals surface area contributed by atoms with Crippen LogP contribution in [-0.4, -0.2) is 33.7 Å². The number of hydrogen-bond donors (Lipinski definition) is 1. The Balaban J connectivity index is 2.00. The lowest BCUT2D eigenvalue weighted by molar-refractivity contribution is -0.116. The zero-order chi connectivity index (χ0) is 21.2. The summed E-state index contributed by atoms with van der Waals surface area (Å²) in [7, 11) is -2.39. The van der Waals surface area contributed by atoms with Gasteiger partial charge >= 0.3 is 0 Å². The molecule has 0 bridgehead atoms. The predicted octanol–water partition coefficient (Wildman–Crippen LogP) is 4.30. The number of fused-ring (bicyclic) bond motifs is 1. The average molecular weight is 433 g/mol. The number of rotatable bonds is 6. The number of amides is 1. The Kier molecular flexibility index (Phi) is 6.00. The van der Waals surface area contributed by atoms with Crippen LogP contribution in [0.3, 0.4) is 0 Å². The van der Waals surface area contributed by atoms with Crippen LogP contribution in [0.5, 0.6) is 5.75 Å². The van der Waals surface area contributed by atoms with Gasteiger partial charge in [0.15, 0.2) is 0 Å². The van der Waals surface area contributed by atoms with E-state index in [2.05, 4.69) is 5.32 Å². The van der Waals surface area contributed by atoms with Gasteiger partial charge in [-0.15, -0.1) is 0 Å². The fraction of sp³-hybridized carbons (Fsp3) is 0.190. The van der Waals surface area contributed by atoms with E-state index < -0.39 is 22.0 Å². The van der Waals surface area contributed by atoms with E-state index in [-0.39, 0.29) is 5.69 Å². The quantitative estimate of drug-likeness (QED) is 0.630. The highest BCUT2D eigenvalue weighted by Gasteiger charge is 2.31. The summed E-state index contributed by atoms with van der Waals surface area (Å²) in [6.07, 6.45) is 1.04. The lowest BCUT2D eigenvalue weighted by Gasteiger charge is -2.29. The number of carbonyl (C=O) groups is 1. The van der Waals surface area contributed by atoms with E-state index in [4.69, 9.17) is 16.3 Å². The van der Waals surface area contributed by atoms with Crippen LogP contribution in [0.1, 0.15) is 6.92 Å². The molecule has 0 aromatic heterocycles. The van der Waals surface area contributed by atoms with Crippen molar-refractivity contribution in [2.75, 3.05) is 23.0 Å². The van der Waals surface area contributed by atoms with Crippen LogP contribution in [0.15, 0.2) is 60.7 Å². The molecule has 0 unspecified atom stereocenters. The lowest BCUT2D eigenvalue weighted by Crippen LogP contribution is -2.45. The minimum absolute atomic E-state index is 0.197. The van der Waals surface area contributed by atoms with Gasteiger partial charge in [-0.2, -0.15) is 0 Å². The van der Waals surface area contributed by atoms with E-state index in [0.717, 1.165) is 21.3 Å². The van der Waals surface area contributed by atoms with E-state index in [1.807, 2.05) is 36.4 Å². The number of benzene rings is 3. The van der Waals surface area contributed by atoms with Crippen molar-refractivity contribution >= 4 is 49.7 Å². The Bertz CT molecular complexity index is 1160. The molecule has 3 aromatic carbocycles. The topological polar surface area (TPSA) is 75.7 Å². The first kappa shape index (κ1) is 21.0. The van der Waals surface area contributed by atoms with E-state index in [1.54, 1.807) is 18.2 Å². The maximum Gasteiger partial charge on any atom is 0.248 e. The zero-order valence-electron chi connectivity index (χ0n) is 16.2. The van der Waals surface area contributed by atoms with Gasteiger partial charge in [0.1, 0.15) is 11.8 Å². The number of carbonyl (C=O) groups excluding carboxylic acids is 1. The molecule has 3 aromatic rings. The molecule has 0 spiro atoms. The molecule has 152 valence electrons. The molecule has 0 radical (unpaired) electrons. The van der Waals surface area contributed by atoms with Gasteiger partial charge in [-0.1, -0.05) is 48.0 Å². The maximum atomic E-state index is 13.0. The second-order valence-corrected chi connectivity index (χ2v) is 8.86. The molecule has 1 N–H and O–H groups in total. The van der Waals surface area contributed by atoms with Gasteiger partial charge in [0.05, 0.1) is 19.1 Å². The number of ether oxygens (including phenoxy) is 1. The van der Waals surface area contributed by atoms with Gasteiger partial charge in [0.25, 0.3) is 0 Å². The Morgan fingerprint density at radius 3 is 2.48 bits per heavy atom. The van der Waals surface area contributed by atoms with Gasteiger partial charge in [0, 0.05) is 16.1 Å².